The Bertz CT molecular complexity index is 1230. The van der Waals surface area contributed by atoms with Gasteiger partial charge in [-0.2, -0.15) is 0 Å². The van der Waals surface area contributed by atoms with Gasteiger partial charge in [0.25, 0.3) is 5.56 Å². The second-order valence-corrected chi connectivity index (χ2v) is 7.56. The largest absolute Gasteiger partial charge is 0.343 e. The summed E-state index contributed by atoms with van der Waals surface area (Å²) in [6, 6.07) is 5.99. The van der Waals surface area contributed by atoms with Crippen LogP contribution in [-0.4, -0.2) is 48.8 Å². The Morgan fingerprint density at radius 2 is 1.77 bits per heavy atom. The monoisotopic (exact) mass is 431 g/mol. The number of hydrogen-bond donors (Lipinski definition) is 0. The average Bonchev–Trinajstić information content (AvgIpc) is 2.75. The number of carbonyl (C=O) groups is 1. The van der Waals surface area contributed by atoms with Crippen LogP contribution in [0.2, 0.25) is 0 Å². The number of fused-ring (bicyclic) bond motifs is 1. The van der Waals surface area contributed by atoms with Crippen LogP contribution in [0.1, 0.15) is 13.8 Å². The third kappa shape index (κ3) is 3.87. The lowest BCUT2D eigenvalue weighted by atomic mass is 10.2. The SMILES string of the molecule is CCN(CC)C(=O)CSc1nc(-c2ccccc2F)nc2c1c(=O)n(C)c(=O)n2C. The predicted octanol–water partition coefficient (Wildman–Crippen LogP) is 1.79. The Labute approximate surface area is 176 Å². The molecular weight excluding hydrogens is 409 g/mol. The summed E-state index contributed by atoms with van der Waals surface area (Å²) in [4.78, 5) is 48.0. The van der Waals surface area contributed by atoms with Gasteiger partial charge in [-0.1, -0.05) is 23.9 Å². The van der Waals surface area contributed by atoms with E-state index in [0.717, 1.165) is 16.3 Å². The van der Waals surface area contributed by atoms with Gasteiger partial charge in [0.2, 0.25) is 5.91 Å². The third-order valence-electron chi connectivity index (χ3n) is 4.83. The molecule has 2 heterocycles. The minimum Gasteiger partial charge on any atom is -0.343 e. The van der Waals surface area contributed by atoms with Gasteiger partial charge in [0, 0.05) is 27.2 Å². The highest BCUT2D eigenvalue weighted by Crippen LogP contribution is 2.27. The summed E-state index contributed by atoms with van der Waals surface area (Å²) in [5, 5.41) is 0.354. The highest BCUT2D eigenvalue weighted by molar-refractivity contribution is 8.00. The molecule has 8 nitrogen and oxygen atoms in total. The molecule has 0 saturated heterocycles. The number of aryl methyl sites for hydroxylation is 1. The van der Waals surface area contributed by atoms with Crippen LogP contribution >= 0.6 is 11.8 Å². The molecule has 0 atom stereocenters. The van der Waals surface area contributed by atoms with Gasteiger partial charge in [0.05, 0.1) is 11.3 Å². The van der Waals surface area contributed by atoms with E-state index < -0.39 is 17.1 Å². The van der Waals surface area contributed by atoms with Crippen molar-refractivity contribution in [3.8, 4) is 11.4 Å². The molecule has 2 aromatic heterocycles. The molecule has 158 valence electrons. The number of rotatable bonds is 6. The smallest absolute Gasteiger partial charge is 0.332 e. The van der Waals surface area contributed by atoms with Gasteiger partial charge in [0.15, 0.2) is 11.5 Å². The zero-order valence-electron chi connectivity index (χ0n) is 17.2. The maximum atomic E-state index is 14.4. The second-order valence-electron chi connectivity index (χ2n) is 6.59. The lowest BCUT2D eigenvalue weighted by molar-refractivity contribution is -0.127. The second kappa shape index (κ2) is 8.78. The molecule has 0 fully saturated rings. The molecule has 3 aromatic rings. The van der Waals surface area contributed by atoms with Crippen LogP contribution in [0.15, 0.2) is 38.9 Å². The quantitative estimate of drug-likeness (QED) is 0.437. The Morgan fingerprint density at radius 3 is 2.40 bits per heavy atom. The van der Waals surface area contributed by atoms with Gasteiger partial charge in [-0.15, -0.1) is 0 Å². The van der Waals surface area contributed by atoms with E-state index >= 15 is 0 Å². The molecule has 0 unspecified atom stereocenters. The van der Waals surface area contributed by atoms with Crippen LogP contribution in [-0.2, 0) is 18.9 Å². The van der Waals surface area contributed by atoms with Crippen LogP contribution in [0.5, 0.6) is 0 Å². The number of amides is 1. The first-order chi connectivity index (χ1) is 14.3. The molecule has 0 saturated carbocycles. The summed E-state index contributed by atoms with van der Waals surface area (Å²) in [6.45, 7) is 4.90. The number of thioether (sulfide) groups is 1. The molecular formula is C20H22FN5O3S. The number of nitrogens with zero attached hydrogens (tertiary/aromatic N) is 5. The Kier molecular flexibility index (Phi) is 6.35. The maximum absolute atomic E-state index is 14.4. The lowest BCUT2D eigenvalue weighted by Gasteiger charge is -2.18. The van der Waals surface area contributed by atoms with E-state index in [9.17, 15) is 18.8 Å². The van der Waals surface area contributed by atoms with Gasteiger partial charge in [-0.05, 0) is 26.0 Å². The van der Waals surface area contributed by atoms with Gasteiger partial charge < -0.3 is 4.90 Å². The number of benzene rings is 1. The third-order valence-corrected chi connectivity index (χ3v) is 5.79. The summed E-state index contributed by atoms with van der Waals surface area (Å²) in [7, 11) is 2.85. The highest BCUT2D eigenvalue weighted by Gasteiger charge is 2.20. The van der Waals surface area contributed by atoms with Crippen molar-refractivity contribution in [3.05, 3.63) is 50.9 Å². The Balaban J connectivity index is 2.23. The summed E-state index contributed by atoms with van der Waals surface area (Å²) in [6.07, 6.45) is 0. The molecule has 0 radical (unpaired) electrons. The van der Waals surface area contributed by atoms with Crippen molar-refractivity contribution in [1.82, 2.24) is 24.0 Å². The van der Waals surface area contributed by atoms with E-state index in [-0.39, 0.29) is 39.1 Å². The normalized spacial score (nSPS) is 11.1. The number of halogens is 1. The van der Waals surface area contributed by atoms with Crippen LogP contribution in [0.4, 0.5) is 4.39 Å². The molecule has 1 aromatic carbocycles. The standard InChI is InChI=1S/C20H22FN5O3S/c1-5-26(6-2)14(27)11-30-18-15-17(24(3)20(29)25(4)19(15)28)22-16(23-18)12-9-7-8-10-13(12)21/h7-10H,5-6,11H2,1-4H3. The Hall–Kier alpha value is -3.01. The molecule has 0 aliphatic rings. The number of carbonyl (C=O) groups excluding carboxylic acids is 1. The van der Waals surface area contributed by atoms with Crippen LogP contribution < -0.4 is 11.2 Å². The predicted molar refractivity (Wildman–Crippen MR) is 114 cm³/mol. The molecule has 1 amide bonds. The van der Waals surface area contributed by atoms with Crippen molar-refractivity contribution < 1.29 is 9.18 Å². The van der Waals surface area contributed by atoms with E-state index in [4.69, 9.17) is 0 Å². The van der Waals surface area contributed by atoms with Crippen molar-refractivity contribution in [1.29, 1.82) is 0 Å². The van der Waals surface area contributed by atoms with E-state index in [0.29, 0.717) is 13.1 Å². The van der Waals surface area contributed by atoms with E-state index in [2.05, 4.69) is 9.97 Å². The minimum atomic E-state index is -0.564. The first-order valence-corrected chi connectivity index (χ1v) is 10.4. The number of aromatic nitrogens is 4. The zero-order valence-corrected chi connectivity index (χ0v) is 18.0. The summed E-state index contributed by atoms with van der Waals surface area (Å²) < 4.78 is 16.5. The fourth-order valence-corrected chi connectivity index (χ4v) is 4.01. The molecule has 3 rings (SSSR count). The first-order valence-electron chi connectivity index (χ1n) is 9.43. The molecule has 0 bridgehead atoms. The summed E-state index contributed by atoms with van der Waals surface area (Å²) >= 11 is 1.08. The van der Waals surface area contributed by atoms with Gasteiger partial charge in [0.1, 0.15) is 16.2 Å². The van der Waals surface area contributed by atoms with Gasteiger partial charge in [-0.25, -0.2) is 19.2 Å². The van der Waals surface area contributed by atoms with Crippen LogP contribution in [0.3, 0.4) is 0 Å². The number of hydrogen-bond acceptors (Lipinski definition) is 6. The van der Waals surface area contributed by atoms with Crippen molar-refractivity contribution in [2.24, 2.45) is 14.1 Å². The molecule has 0 spiro atoms. The minimum absolute atomic E-state index is 0.0432. The molecule has 0 N–H and O–H groups in total. The zero-order chi connectivity index (χ0) is 22.0. The average molecular weight is 431 g/mol. The molecule has 30 heavy (non-hydrogen) atoms. The fraction of sp³-hybridized carbons (Fsp3) is 0.350. The lowest BCUT2D eigenvalue weighted by Crippen LogP contribution is -2.38. The van der Waals surface area contributed by atoms with Crippen molar-refractivity contribution >= 4 is 28.7 Å². The topological polar surface area (TPSA) is 90.1 Å². The Morgan fingerprint density at radius 1 is 1.10 bits per heavy atom. The summed E-state index contributed by atoms with van der Waals surface area (Å²) in [5.74, 6) is -0.537. The van der Waals surface area contributed by atoms with Crippen LogP contribution in [0.25, 0.3) is 22.4 Å². The van der Waals surface area contributed by atoms with E-state index in [1.807, 2.05) is 13.8 Å². The van der Waals surface area contributed by atoms with Gasteiger partial charge in [-0.3, -0.25) is 18.7 Å². The highest BCUT2D eigenvalue weighted by atomic mass is 32.2. The van der Waals surface area contributed by atoms with Crippen LogP contribution in [0, 0.1) is 5.82 Å². The van der Waals surface area contributed by atoms with E-state index in [1.54, 1.807) is 17.0 Å². The molecule has 0 aliphatic carbocycles. The molecule has 10 heteroatoms. The van der Waals surface area contributed by atoms with Crippen molar-refractivity contribution in [2.45, 2.75) is 18.9 Å². The fourth-order valence-electron chi connectivity index (χ4n) is 3.09. The van der Waals surface area contributed by atoms with Crippen molar-refractivity contribution in [2.75, 3.05) is 18.8 Å². The maximum Gasteiger partial charge on any atom is 0.332 e. The van der Waals surface area contributed by atoms with E-state index in [1.165, 1.54) is 30.8 Å². The first kappa shape index (κ1) is 21.7. The summed E-state index contributed by atoms with van der Waals surface area (Å²) in [5.41, 5.74) is -0.884. The van der Waals surface area contributed by atoms with Crippen molar-refractivity contribution in [3.63, 3.8) is 0 Å². The van der Waals surface area contributed by atoms with Gasteiger partial charge >= 0.3 is 5.69 Å². The molecule has 0 aliphatic heterocycles.